The summed E-state index contributed by atoms with van der Waals surface area (Å²) in [6.45, 7) is 7.44. The van der Waals surface area contributed by atoms with Gasteiger partial charge in [0.1, 0.15) is 5.60 Å². The zero-order valence-corrected chi connectivity index (χ0v) is 17.5. The third-order valence-corrected chi connectivity index (χ3v) is 5.74. The maximum atomic E-state index is 13.0. The van der Waals surface area contributed by atoms with Crippen LogP contribution in [0.4, 0.5) is 4.79 Å². The summed E-state index contributed by atoms with van der Waals surface area (Å²) in [5.74, 6) is 0.439. The molecule has 0 radical (unpaired) electrons. The van der Waals surface area contributed by atoms with Crippen molar-refractivity contribution in [2.75, 3.05) is 19.6 Å². The van der Waals surface area contributed by atoms with Gasteiger partial charge in [-0.05, 0) is 45.6 Å². The van der Waals surface area contributed by atoms with Crippen LogP contribution in [0.2, 0.25) is 0 Å². The molecular formula is C23H34N2O3. The Kier molecular flexibility index (Phi) is 6.63. The van der Waals surface area contributed by atoms with E-state index in [0.717, 1.165) is 37.7 Å². The SMILES string of the molecule is CC(C)(C)OC(=O)N1CCN(C(=O)C2CCCCC2)CCC1c1ccccc1. The Labute approximate surface area is 169 Å². The lowest BCUT2D eigenvalue weighted by Gasteiger charge is -2.32. The van der Waals surface area contributed by atoms with Crippen LogP contribution >= 0.6 is 0 Å². The molecule has 1 saturated carbocycles. The van der Waals surface area contributed by atoms with Crippen molar-refractivity contribution in [3.63, 3.8) is 0 Å². The van der Waals surface area contributed by atoms with E-state index >= 15 is 0 Å². The summed E-state index contributed by atoms with van der Waals surface area (Å²) in [6.07, 6.45) is 6.00. The Morgan fingerprint density at radius 2 is 1.61 bits per heavy atom. The Balaban J connectivity index is 1.77. The van der Waals surface area contributed by atoms with Crippen molar-refractivity contribution in [3.8, 4) is 0 Å². The number of nitrogens with zero attached hydrogens (tertiary/aromatic N) is 2. The van der Waals surface area contributed by atoms with E-state index in [9.17, 15) is 9.59 Å². The van der Waals surface area contributed by atoms with Crippen LogP contribution in [0.25, 0.3) is 0 Å². The zero-order valence-electron chi connectivity index (χ0n) is 17.5. The number of amides is 2. The standard InChI is InChI=1S/C23H34N2O3/c1-23(2,3)28-22(27)25-17-16-24(21(26)19-12-8-5-9-13-19)15-14-20(25)18-10-6-4-7-11-18/h4,6-7,10-11,19-20H,5,8-9,12-17H2,1-3H3. The van der Waals surface area contributed by atoms with E-state index in [-0.39, 0.29) is 24.0 Å². The first kappa shape index (κ1) is 20.7. The van der Waals surface area contributed by atoms with Crippen LogP contribution in [0.5, 0.6) is 0 Å². The molecule has 1 aromatic carbocycles. The Hall–Kier alpha value is -2.04. The Morgan fingerprint density at radius 1 is 0.929 bits per heavy atom. The Morgan fingerprint density at radius 3 is 2.25 bits per heavy atom. The fourth-order valence-electron chi connectivity index (χ4n) is 4.32. The molecular weight excluding hydrogens is 352 g/mol. The summed E-state index contributed by atoms with van der Waals surface area (Å²) in [4.78, 5) is 29.8. The minimum absolute atomic E-state index is 0.0693. The van der Waals surface area contributed by atoms with Gasteiger partial charge in [0.05, 0.1) is 6.04 Å². The number of carbonyl (C=O) groups is 2. The van der Waals surface area contributed by atoms with Crippen LogP contribution in [0.15, 0.2) is 30.3 Å². The number of rotatable bonds is 2. The van der Waals surface area contributed by atoms with Gasteiger partial charge in [-0.3, -0.25) is 9.69 Å². The van der Waals surface area contributed by atoms with E-state index in [1.807, 2.05) is 48.8 Å². The normalized spacial score (nSPS) is 21.9. The molecule has 154 valence electrons. The molecule has 0 N–H and O–H groups in total. The van der Waals surface area contributed by atoms with E-state index in [0.29, 0.717) is 19.6 Å². The van der Waals surface area contributed by atoms with Crippen molar-refractivity contribution in [1.82, 2.24) is 9.80 Å². The lowest BCUT2D eigenvalue weighted by atomic mass is 9.88. The number of hydrogen-bond acceptors (Lipinski definition) is 3. The smallest absolute Gasteiger partial charge is 0.410 e. The fourth-order valence-corrected chi connectivity index (χ4v) is 4.32. The predicted octanol–water partition coefficient (Wildman–Crippen LogP) is 4.78. The van der Waals surface area contributed by atoms with Crippen molar-refractivity contribution >= 4 is 12.0 Å². The highest BCUT2D eigenvalue weighted by Gasteiger charge is 2.34. The molecule has 1 aliphatic heterocycles. The van der Waals surface area contributed by atoms with Crippen LogP contribution in [-0.4, -0.2) is 47.0 Å². The van der Waals surface area contributed by atoms with Crippen molar-refractivity contribution in [3.05, 3.63) is 35.9 Å². The summed E-state index contributed by atoms with van der Waals surface area (Å²) >= 11 is 0. The summed E-state index contributed by atoms with van der Waals surface area (Å²) in [7, 11) is 0. The number of hydrogen-bond donors (Lipinski definition) is 0. The molecule has 1 aliphatic carbocycles. The van der Waals surface area contributed by atoms with Crippen LogP contribution in [0.3, 0.4) is 0 Å². The Bertz CT molecular complexity index is 662. The summed E-state index contributed by atoms with van der Waals surface area (Å²) < 4.78 is 5.68. The maximum absolute atomic E-state index is 13.0. The van der Waals surface area contributed by atoms with Gasteiger partial charge >= 0.3 is 6.09 Å². The summed E-state index contributed by atoms with van der Waals surface area (Å²) in [5.41, 5.74) is 0.558. The third-order valence-electron chi connectivity index (χ3n) is 5.74. The zero-order chi connectivity index (χ0) is 20.1. The lowest BCUT2D eigenvalue weighted by molar-refractivity contribution is -0.136. The van der Waals surface area contributed by atoms with E-state index in [4.69, 9.17) is 4.74 Å². The second-order valence-corrected chi connectivity index (χ2v) is 9.05. The third kappa shape index (κ3) is 5.27. The number of ether oxygens (including phenoxy) is 1. The van der Waals surface area contributed by atoms with E-state index in [2.05, 4.69) is 12.1 Å². The van der Waals surface area contributed by atoms with Gasteiger partial charge in [-0.2, -0.15) is 0 Å². The number of carbonyl (C=O) groups excluding carboxylic acids is 2. The molecule has 5 nitrogen and oxygen atoms in total. The van der Waals surface area contributed by atoms with Crippen molar-refractivity contribution in [1.29, 1.82) is 0 Å². The highest BCUT2D eigenvalue weighted by molar-refractivity contribution is 5.79. The first-order valence-electron chi connectivity index (χ1n) is 10.7. The quantitative estimate of drug-likeness (QED) is 0.735. The summed E-state index contributed by atoms with van der Waals surface area (Å²) in [5, 5.41) is 0. The summed E-state index contributed by atoms with van der Waals surface area (Å²) in [6, 6.07) is 10.0. The van der Waals surface area contributed by atoms with Gasteiger partial charge in [0.25, 0.3) is 0 Å². The van der Waals surface area contributed by atoms with Crippen LogP contribution in [0, 0.1) is 5.92 Å². The first-order chi connectivity index (χ1) is 13.3. The molecule has 1 saturated heterocycles. The van der Waals surface area contributed by atoms with Gasteiger partial charge in [0.2, 0.25) is 5.91 Å². The van der Waals surface area contributed by atoms with Crippen molar-refractivity contribution in [2.45, 2.75) is 70.9 Å². The van der Waals surface area contributed by atoms with Crippen LogP contribution < -0.4 is 0 Å². The molecule has 1 aromatic rings. The average Bonchev–Trinajstić information content (AvgIpc) is 2.90. The molecule has 3 rings (SSSR count). The van der Waals surface area contributed by atoms with E-state index in [1.54, 1.807) is 0 Å². The van der Waals surface area contributed by atoms with Gasteiger partial charge in [-0.1, -0.05) is 49.6 Å². The van der Waals surface area contributed by atoms with Gasteiger partial charge < -0.3 is 9.64 Å². The van der Waals surface area contributed by atoms with Crippen LogP contribution in [0.1, 0.15) is 70.9 Å². The molecule has 2 amide bonds. The maximum Gasteiger partial charge on any atom is 0.410 e. The minimum Gasteiger partial charge on any atom is -0.444 e. The molecule has 1 atom stereocenters. The highest BCUT2D eigenvalue weighted by atomic mass is 16.6. The van der Waals surface area contributed by atoms with Crippen LogP contribution in [-0.2, 0) is 9.53 Å². The predicted molar refractivity (Wildman–Crippen MR) is 110 cm³/mol. The molecule has 0 spiro atoms. The minimum atomic E-state index is -0.539. The van der Waals surface area contributed by atoms with E-state index in [1.165, 1.54) is 6.42 Å². The van der Waals surface area contributed by atoms with Crippen molar-refractivity contribution in [2.24, 2.45) is 5.92 Å². The molecule has 1 unspecified atom stereocenters. The fraction of sp³-hybridized carbons (Fsp3) is 0.652. The highest BCUT2D eigenvalue weighted by Crippen LogP contribution is 2.31. The second-order valence-electron chi connectivity index (χ2n) is 9.05. The lowest BCUT2D eigenvalue weighted by Crippen LogP contribution is -2.42. The molecule has 1 heterocycles. The van der Waals surface area contributed by atoms with Gasteiger partial charge in [-0.25, -0.2) is 4.79 Å². The molecule has 0 bridgehead atoms. The molecule has 0 aromatic heterocycles. The topological polar surface area (TPSA) is 49.9 Å². The molecule has 28 heavy (non-hydrogen) atoms. The monoisotopic (exact) mass is 386 g/mol. The van der Waals surface area contributed by atoms with Gasteiger partial charge in [0, 0.05) is 25.6 Å². The molecule has 2 aliphatic rings. The van der Waals surface area contributed by atoms with Gasteiger partial charge in [0.15, 0.2) is 0 Å². The largest absolute Gasteiger partial charge is 0.444 e. The first-order valence-corrected chi connectivity index (χ1v) is 10.7. The number of benzene rings is 1. The average molecular weight is 387 g/mol. The molecule has 5 heteroatoms. The molecule has 2 fully saturated rings. The van der Waals surface area contributed by atoms with E-state index < -0.39 is 5.60 Å². The van der Waals surface area contributed by atoms with Crippen molar-refractivity contribution < 1.29 is 14.3 Å². The van der Waals surface area contributed by atoms with Gasteiger partial charge in [-0.15, -0.1) is 0 Å². The second kappa shape index (κ2) is 8.97.